The number of urea groups is 1. The fraction of sp³-hybridized carbons (Fsp3) is 0.773. The van der Waals surface area contributed by atoms with Gasteiger partial charge in [-0.2, -0.15) is 0 Å². The maximum absolute atomic E-state index is 11.9. The summed E-state index contributed by atoms with van der Waals surface area (Å²) in [6.07, 6.45) is 13.8. The Morgan fingerprint density at radius 2 is 1.92 bits per heavy atom. The van der Waals surface area contributed by atoms with Crippen LogP contribution in [-0.4, -0.2) is 18.6 Å². The second-order valence-electron chi connectivity index (χ2n) is 9.45. The molecule has 0 aromatic carbocycles. The van der Waals surface area contributed by atoms with Crippen LogP contribution in [0.4, 0.5) is 4.79 Å². The van der Waals surface area contributed by atoms with E-state index in [1.807, 2.05) is 6.92 Å². The molecule has 2 fully saturated rings. The first-order valence-electron chi connectivity index (χ1n) is 10.5. The number of nitrogens with one attached hydrogen (secondary N) is 2. The van der Waals surface area contributed by atoms with Crippen molar-refractivity contribution >= 4 is 28.6 Å². The SMILES string of the molecule is CCNC(=O)NC1CC[C@@]2(C)C(=CC[C@@H]3[C@@H]2CC[C@]2(C)C(I)=CC[C@@H]32)C1. The third-order valence-electron chi connectivity index (χ3n) is 8.26. The van der Waals surface area contributed by atoms with Crippen LogP contribution in [0.15, 0.2) is 21.3 Å². The molecule has 4 aliphatic carbocycles. The molecular weight excluding hydrogens is 435 g/mol. The lowest BCUT2D eigenvalue weighted by Crippen LogP contribution is -2.52. The molecule has 4 rings (SSSR count). The molecule has 6 atom stereocenters. The Balaban J connectivity index is 1.52. The molecule has 0 aliphatic heterocycles. The smallest absolute Gasteiger partial charge is 0.315 e. The van der Waals surface area contributed by atoms with Crippen LogP contribution in [0, 0.1) is 28.6 Å². The molecule has 0 heterocycles. The van der Waals surface area contributed by atoms with E-state index in [0.717, 1.165) is 30.6 Å². The molecular formula is C22H33IN2O. The molecule has 0 aromatic rings. The fourth-order valence-electron chi connectivity index (χ4n) is 6.70. The van der Waals surface area contributed by atoms with Crippen LogP contribution in [-0.2, 0) is 0 Å². The van der Waals surface area contributed by atoms with E-state index < -0.39 is 0 Å². The highest BCUT2D eigenvalue weighted by atomic mass is 127. The summed E-state index contributed by atoms with van der Waals surface area (Å²) in [4.78, 5) is 11.9. The van der Waals surface area contributed by atoms with Crippen LogP contribution in [0.3, 0.4) is 0 Å². The lowest BCUT2D eigenvalue weighted by atomic mass is 9.48. The predicted octanol–water partition coefficient (Wildman–Crippen LogP) is 5.57. The second kappa shape index (κ2) is 6.82. The average molecular weight is 468 g/mol. The van der Waals surface area contributed by atoms with E-state index in [9.17, 15) is 4.79 Å². The van der Waals surface area contributed by atoms with Crippen LogP contribution in [0.1, 0.15) is 65.7 Å². The van der Waals surface area contributed by atoms with E-state index in [1.54, 1.807) is 9.15 Å². The van der Waals surface area contributed by atoms with Gasteiger partial charge >= 0.3 is 6.03 Å². The molecule has 4 heteroatoms. The highest BCUT2D eigenvalue weighted by molar-refractivity contribution is 14.1. The van der Waals surface area contributed by atoms with E-state index >= 15 is 0 Å². The van der Waals surface area contributed by atoms with Crippen LogP contribution >= 0.6 is 22.6 Å². The Labute approximate surface area is 172 Å². The predicted molar refractivity (Wildman–Crippen MR) is 115 cm³/mol. The first kappa shape index (κ1) is 18.8. The normalized spacial score (nSPS) is 44.2. The molecule has 26 heavy (non-hydrogen) atoms. The largest absolute Gasteiger partial charge is 0.338 e. The van der Waals surface area contributed by atoms with Gasteiger partial charge in [0.15, 0.2) is 0 Å². The third-order valence-corrected chi connectivity index (χ3v) is 9.94. The van der Waals surface area contributed by atoms with Crippen LogP contribution in [0.25, 0.3) is 0 Å². The Morgan fingerprint density at radius 3 is 2.69 bits per heavy atom. The van der Waals surface area contributed by atoms with E-state index in [-0.39, 0.29) is 6.03 Å². The van der Waals surface area contributed by atoms with Gasteiger partial charge in [-0.3, -0.25) is 0 Å². The zero-order valence-electron chi connectivity index (χ0n) is 16.4. The lowest BCUT2D eigenvalue weighted by molar-refractivity contribution is -0.0157. The minimum absolute atomic E-state index is 0.00423. The van der Waals surface area contributed by atoms with Gasteiger partial charge in [0.2, 0.25) is 0 Å². The van der Waals surface area contributed by atoms with E-state index in [0.29, 0.717) is 23.4 Å². The Hall–Kier alpha value is -0.520. The summed E-state index contributed by atoms with van der Waals surface area (Å²) >= 11 is 2.61. The molecule has 0 aromatic heterocycles. The van der Waals surface area contributed by atoms with E-state index in [1.165, 1.54) is 32.1 Å². The molecule has 0 radical (unpaired) electrons. The van der Waals surface area contributed by atoms with Crippen molar-refractivity contribution in [2.75, 3.05) is 6.54 Å². The molecule has 0 bridgehead atoms. The molecule has 3 nitrogen and oxygen atoms in total. The summed E-state index contributed by atoms with van der Waals surface area (Å²) in [5.74, 6) is 2.52. The first-order valence-corrected chi connectivity index (χ1v) is 11.6. The van der Waals surface area contributed by atoms with Gasteiger partial charge in [0.25, 0.3) is 0 Å². The number of rotatable bonds is 2. The summed E-state index contributed by atoms with van der Waals surface area (Å²) in [6, 6.07) is 0.302. The molecule has 4 aliphatic rings. The molecule has 0 saturated heterocycles. The van der Waals surface area contributed by atoms with Crippen LogP contribution in [0.2, 0.25) is 0 Å². The van der Waals surface area contributed by atoms with Crippen LogP contribution < -0.4 is 10.6 Å². The summed E-state index contributed by atoms with van der Waals surface area (Å²) in [7, 11) is 0. The third kappa shape index (κ3) is 2.85. The molecule has 2 N–H and O–H groups in total. The first-order chi connectivity index (χ1) is 12.4. The number of hydrogen-bond donors (Lipinski definition) is 2. The Bertz CT molecular complexity index is 657. The van der Waals surface area contributed by atoms with Crippen molar-refractivity contribution in [3.8, 4) is 0 Å². The molecule has 2 amide bonds. The van der Waals surface area contributed by atoms with Crippen molar-refractivity contribution in [1.29, 1.82) is 0 Å². The number of allylic oxidation sites excluding steroid dienone is 3. The number of carbonyl (C=O) groups is 1. The van der Waals surface area contributed by atoms with Crippen molar-refractivity contribution in [3.05, 3.63) is 21.3 Å². The van der Waals surface area contributed by atoms with Gasteiger partial charge in [-0.05, 0) is 101 Å². The minimum Gasteiger partial charge on any atom is -0.338 e. The quantitative estimate of drug-likeness (QED) is 0.404. The number of hydrogen-bond acceptors (Lipinski definition) is 1. The van der Waals surface area contributed by atoms with Gasteiger partial charge in [-0.15, -0.1) is 0 Å². The number of halogens is 1. The maximum Gasteiger partial charge on any atom is 0.315 e. The van der Waals surface area contributed by atoms with E-state index in [2.05, 4.69) is 59.2 Å². The maximum atomic E-state index is 11.9. The van der Waals surface area contributed by atoms with Gasteiger partial charge in [0, 0.05) is 18.0 Å². The standard InChI is InChI=1S/C22H33IN2O/c1-4-24-20(26)25-15-9-11-21(2)14(13-15)5-6-16-17-7-8-19(23)22(17,3)12-10-18(16)21/h5,8,15-18H,4,6-7,9-13H2,1-3H3,(H2,24,25,26)/t15?,16-,17-,18-,21-,22-/m0/s1. The minimum atomic E-state index is -0.00423. The Kier molecular flexibility index (Phi) is 4.94. The van der Waals surface area contributed by atoms with Crippen molar-refractivity contribution in [1.82, 2.24) is 10.6 Å². The summed E-state index contributed by atoms with van der Waals surface area (Å²) in [6.45, 7) is 7.72. The molecule has 2 saturated carbocycles. The number of fused-ring (bicyclic) bond motifs is 5. The molecule has 1 unspecified atom stereocenters. The van der Waals surface area contributed by atoms with Crippen molar-refractivity contribution in [2.45, 2.75) is 71.8 Å². The summed E-state index contributed by atoms with van der Waals surface area (Å²) in [5.41, 5.74) is 2.44. The Morgan fingerprint density at radius 1 is 1.15 bits per heavy atom. The average Bonchev–Trinajstić information content (AvgIpc) is 2.91. The van der Waals surface area contributed by atoms with E-state index in [4.69, 9.17) is 0 Å². The summed E-state index contributed by atoms with van der Waals surface area (Å²) in [5, 5.41) is 6.07. The van der Waals surface area contributed by atoms with Crippen molar-refractivity contribution in [3.63, 3.8) is 0 Å². The fourth-order valence-corrected chi connectivity index (χ4v) is 7.62. The topological polar surface area (TPSA) is 41.1 Å². The lowest BCUT2D eigenvalue weighted by Gasteiger charge is -2.57. The van der Waals surface area contributed by atoms with Gasteiger partial charge in [0.05, 0.1) is 0 Å². The van der Waals surface area contributed by atoms with Crippen LogP contribution in [0.5, 0.6) is 0 Å². The van der Waals surface area contributed by atoms with Gasteiger partial charge in [-0.1, -0.05) is 31.6 Å². The molecule has 144 valence electrons. The molecule has 0 spiro atoms. The van der Waals surface area contributed by atoms with Crippen molar-refractivity contribution in [2.24, 2.45) is 28.6 Å². The van der Waals surface area contributed by atoms with Crippen molar-refractivity contribution < 1.29 is 4.79 Å². The van der Waals surface area contributed by atoms with Gasteiger partial charge in [-0.25, -0.2) is 4.79 Å². The monoisotopic (exact) mass is 468 g/mol. The van der Waals surface area contributed by atoms with Gasteiger partial charge < -0.3 is 10.6 Å². The highest BCUT2D eigenvalue weighted by Crippen LogP contribution is 2.65. The zero-order valence-corrected chi connectivity index (χ0v) is 18.6. The second-order valence-corrected chi connectivity index (χ2v) is 10.6. The highest BCUT2D eigenvalue weighted by Gasteiger charge is 2.56. The summed E-state index contributed by atoms with van der Waals surface area (Å²) < 4.78 is 1.62. The number of carbonyl (C=O) groups excluding carboxylic acids is 1. The zero-order chi connectivity index (χ0) is 18.5. The van der Waals surface area contributed by atoms with Gasteiger partial charge in [0.1, 0.15) is 0 Å². The number of amides is 2.